The molecular weight excluding hydrogens is 409 g/mol. The minimum absolute atomic E-state index is 0.143. The average Bonchev–Trinajstić information content (AvgIpc) is 3.29. The van der Waals surface area contributed by atoms with Crippen LogP contribution in [0.15, 0.2) is 59.5 Å². The molecule has 7 nitrogen and oxygen atoms in total. The number of piperidine rings is 1. The molecule has 2 aromatic carbocycles. The third kappa shape index (κ3) is 3.78. The number of nitrogens with zero attached hydrogens (tertiary/aromatic N) is 4. The van der Waals surface area contributed by atoms with Crippen LogP contribution in [0, 0.1) is 5.82 Å². The van der Waals surface area contributed by atoms with Gasteiger partial charge in [0.15, 0.2) is 0 Å². The molecule has 1 amide bonds. The molecule has 164 valence electrons. The number of hydrogen-bond acceptors (Lipinski definition) is 4. The fourth-order valence-corrected chi connectivity index (χ4v) is 4.32. The predicted molar refractivity (Wildman–Crippen MR) is 120 cm³/mol. The van der Waals surface area contributed by atoms with E-state index in [0.717, 1.165) is 37.0 Å². The molecule has 1 aliphatic rings. The molecular formula is C24H24FN5O2. The number of likely N-dealkylation sites (tertiary alicyclic amines) is 1. The Labute approximate surface area is 184 Å². The zero-order valence-corrected chi connectivity index (χ0v) is 17.8. The molecule has 0 unspecified atom stereocenters. The van der Waals surface area contributed by atoms with Crippen LogP contribution in [-0.2, 0) is 6.54 Å². The molecule has 2 aromatic heterocycles. The number of fused-ring (bicyclic) bond motifs is 3. The summed E-state index contributed by atoms with van der Waals surface area (Å²) in [4.78, 5) is 28.4. The highest BCUT2D eigenvalue weighted by atomic mass is 19.1. The lowest BCUT2D eigenvalue weighted by molar-refractivity contribution is 0.0917. The van der Waals surface area contributed by atoms with E-state index in [0.29, 0.717) is 16.6 Å². The van der Waals surface area contributed by atoms with E-state index in [1.54, 1.807) is 45.6 Å². The van der Waals surface area contributed by atoms with Gasteiger partial charge in [0.2, 0.25) is 0 Å². The SMILES string of the molecule is CN1CCC(NC(=O)c2ccc3c(c2)n(Cc2ccc(F)cc2)c(=O)c2ccnn23)CC1. The van der Waals surface area contributed by atoms with Gasteiger partial charge in [-0.05, 0) is 74.9 Å². The zero-order valence-electron chi connectivity index (χ0n) is 17.8. The maximum atomic E-state index is 13.4. The van der Waals surface area contributed by atoms with E-state index in [-0.39, 0.29) is 29.9 Å². The Morgan fingerprint density at radius 3 is 2.56 bits per heavy atom. The summed E-state index contributed by atoms with van der Waals surface area (Å²) in [6.45, 7) is 2.17. The number of aromatic nitrogens is 3. The maximum Gasteiger partial charge on any atom is 0.277 e. The summed E-state index contributed by atoms with van der Waals surface area (Å²) in [6.07, 6.45) is 3.41. The molecule has 4 aromatic rings. The van der Waals surface area contributed by atoms with Gasteiger partial charge in [-0.25, -0.2) is 8.91 Å². The minimum Gasteiger partial charge on any atom is -0.349 e. The first-order valence-corrected chi connectivity index (χ1v) is 10.7. The summed E-state index contributed by atoms with van der Waals surface area (Å²) in [5, 5.41) is 7.42. The highest BCUT2D eigenvalue weighted by Gasteiger charge is 2.20. The van der Waals surface area contributed by atoms with Crippen molar-refractivity contribution in [3.63, 3.8) is 0 Å². The summed E-state index contributed by atoms with van der Waals surface area (Å²) >= 11 is 0. The second-order valence-corrected chi connectivity index (χ2v) is 8.40. The summed E-state index contributed by atoms with van der Waals surface area (Å²) in [6, 6.07) is 13.2. The van der Waals surface area contributed by atoms with E-state index in [9.17, 15) is 14.0 Å². The minimum atomic E-state index is -0.329. The second-order valence-electron chi connectivity index (χ2n) is 8.40. The van der Waals surface area contributed by atoms with E-state index in [2.05, 4.69) is 22.4 Å². The fourth-order valence-electron chi connectivity index (χ4n) is 4.32. The summed E-state index contributed by atoms with van der Waals surface area (Å²) < 4.78 is 16.6. The number of benzene rings is 2. The topological polar surface area (TPSA) is 71.6 Å². The van der Waals surface area contributed by atoms with E-state index in [1.807, 2.05) is 6.07 Å². The van der Waals surface area contributed by atoms with Crippen molar-refractivity contribution < 1.29 is 9.18 Å². The van der Waals surface area contributed by atoms with Gasteiger partial charge in [0.1, 0.15) is 11.3 Å². The molecule has 0 aliphatic carbocycles. The Morgan fingerprint density at radius 2 is 1.81 bits per heavy atom. The number of carbonyl (C=O) groups excluding carboxylic acids is 1. The van der Waals surface area contributed by atoms with Gasteiger partial charge >= 0.3 is 0 Å². The van der Waals surface area contributed by atoms with Crippen molar-refractivity contribution in [2.24, 2.45) is 0 Å². The quantitative estimate of drug-likeness (QED) is 0.537. The summed E-state index contributed by atoms with van der Waals surface area (Å²) in [5.41, 5.74) is 2.85. The summed E-state index contributed by atoms with van der Waals surface area (Å²) in [7, 11) is 2.08. The van der Waals surface area contributed by atoms with Gasteiger partial charge in [-0.3, -0.25) is 9.59 Å². The number of hydrogen-bond donors (Lipinski definition) is 1. The molecule has 0 saturated carbocycles. The molecule has 32 heavy (non-hydrogen) atoms. The largest absolute Gasteiger partial charge is 0.349 e. The van der Waals surface area contributed by atoms with Crippen LogP contribution in [0.5, 0.6) is 0 Å². The van der Waals surface area contributed by atoms with Gasteiger partial charge in [0.05, 0.1) is 23.8 Å². The highest BCUT2D eigenvalue weighted by molar-refractivity contribution is 5.97. The van der Waals surface area contributed by atoms with Gasteiger partial charge < -0.3 is 14.8 Å². The normalized spacial score (nSPS) is 15.4. The molecule has 0 bridgehead atoms. The van der Waals surface area contributed by atoms with Crippen LogP contribution in [0.4, 0.5) is 4.39 Å². The lowest BCUT2D eigenvalue weighted by Gasteiger charge is -2.29. The van der Waals surface area contributed by atoms with Crippen molar-refractivity contribution in [2.75, 3.05) is 20.1 Å². The van der Waals surface area contributed by atoms with Gasteiger partial charge in [0, 0.05) is 11.6 Å². The number of amides is 1. The maximum absolute atomic E-state index is 13.4. The molecule has 8 heteroatoms. The number of nitrogens with one attached hydrogen (secondary N) is 1. The van der Waals surface area contributed by atoms with Gasteiger partial charge in [-0.15, -0.1) is 0 Å². The molecule has 0 radical (unpaired) electrons. The van der Waals surface area contributed by atoms with Crippen molar-refractivity contribution in [3.05, 3.63) is 82.0 Å². The van der Waals surface area contributed by atoms with Crippen LogP contribution in [0.25, 0.3) is 16.6 Å². The van der Waals surface area contributed by atoms with Crippen molar-refractivity contribution in [3.8, 4) is 0 Å². The molecule has 3 heterocycles. The van der Waals surface area contributed by atoms with Crippen molar-refractivity contribution >= 4 is 22.5 Å². The van der Waals surface area contributed by atoms with Crippen LogP contribution >= 0.6 is 0 Å². The van der Waals surface area contributed by atoms with Crippen LogP contribution < -0.4 is 10.9 Å². The third-order valence-corrected chi connectivity index (χ3v) is 6.17. The van der Waals surface area contributed by atoms with Crippen LogP contribution in [0.2, 0.25) is 0 Å². The first-order chi connectivity index (χ1) is 15.5. The lowest BCUT2D eigenvalue weighted by Crippen LogP contribution is -2.43. The summed E-state index contributed by atoms with van der Waals surface area (Å²) in [5.74, 6) is -0.479. The number of rotatable bonds is 4. The lowest BCUT2D eigenvalue weighted by atomic mass is 10.0. The standard InChI is InChI=1S/C24H24FN5O2/c1-28-12-9-19(10-13-28)27-23(31)17-4-7-20-22(14-17)29(15-16-2-5-18(25)6-3-16)24(32)21-8-11-26-30(20)21/h2-8,11,14,19H,9-10,12-13,15H2,1H3,(H,27,31). The Kier molecular flexibility index (Phi) is 5.22. The highest BCUT2D eigenvalue weighted by Crippen LogP contribution is 2.19. The molecule has 1 aliphatic heterocycles. The van der Waals surface area contributed by atoms with Crippen LogP contribution in [0.1, 0.15) is 28.8 Å². The van der Waals surface area contributed by atoms with E-state index >= 15 is 0 Å². The Morgan fingerprint density at radius 1 is 1.06 bits per heavy atom. The molecule has 0 spiro atoms. The zero-order chi connectivity index (χ0) is 22.2. The van der Waals surface area contributed by atoms with E-state index < -0.39 is 0 Å². The Hall–Kier alpha value is -3.52. The Bertz CT molecular complexity index is 1350. The molecule has 1 fully saturated rings. The van der Waals surface area contributed by atoms with Crippen LogP contribution in [0.3, 0.4) is 0 Å². The average molecular weight is 433 g/mol. The smallest absolute Gasteiger partial charge is 0.277 e. The predicted octanol–water partition coefficient (Wildman–Crippen LogP) is 2.66. The first-order valence-electron chi connectivity index (χ1n) is 10.7. The molecule has 1 N–H and O–H groups in total. The van der Waals surface area contributed by atoms with E-state index in [4.69, 9.17) is 0 Å². The van der Waals surface area contributed by atoms with E-state index in [1.165, 1.54) is 12.1 Å². The van der Waals surface area contributed by atoms with Crippen LogP contribution in [-0.4, -0.2) is 51.2 Å². The second kappa shape index (κ2) is 8.20. The molecule has 1 saturated heterocycles. The van der Waals surface area contributed by atoms with Crippen molar-refractivity contribution in [2.45, 2.75) is 25.4 Å². The Balaban J connectivity index is 1.56. The monoisotopic (exact) mass is 433 g/mol. The first kappa shape index (κ1) is 20.4. The number of halogens is 1. The fraction of sp³-hybridized carbons (Fsp3) is 0.292. The van der Waals surface area contributed by atoms with Gasteiger partial charge in [-0.1, -0.05) is 12.1 Å². The number of carbonyl (C=O) groups is 1. The van der Waals surface area contributed by atoms with Crippen molar-refractivity contribution in [1.29, 1.82) is 0 Å². The van der Waals surface area contributed by atoms with Gasteiger partial charge in [0.25, 0.3) is 11.5 Å². The molecule has 5 rings (SSSR count). The van der Waals surface area contributed by atoms with Gasteiger partial charge in [-0.2, -0.15) is 5.10 Å². The third-order valence-electron chi connectivity index (χ3n) is 6.17. The molecule has 0 atom stereocenters. The van der Waals surface area contributed by atoms with Crippen molar-refractivity contribution in [1.82, 2.24) is 24.4 Å².